The Morgan fingerprint density at radius 3 is 2.11 bits per heavy atom. The van der Waals surface area contributed by atoms with E-state index in [4.69, 9.17) is 0 Å². The van der Waals surface area contributed by atoms with Crippen LogP contribution in [0.25, 0.3) is 0 Å². The summed E-state index contributed by atoms with van der Waals surface area (Å²) in [6.45, 7) is 10.8. The lowest BCUT2D eigenvalue weighted by atomic mass is 9.98. The van der Waals surface area contributed by atoms with Crippen molar-refractivity contribution in [1.82, 2.24) is 4.90 Å². The van der Waals surface area contributed by atoms with Crippen molar-refractivity contribution in [3.05, 3.63) is 59.7 Å². The van der Waals surface area contributed by atoms with Gasteiger partial charge in [0.2, 0.25) is 0 Å². The highest BCUT2D eigenvalue weighted by Crippen LogP contribution is 2.29. The van der Waals surface area contributed by atoms with E-state index in [0.717, 1.165) is 25.1 Å². The third kappa shape index (κ3) is 4.71. The van der Waals surface area contributed by atoms with Gasteiger partial charge in [0.1, 0.15) is 0 Å². The van der Waals surface area contributed by atoms with Crippen LogP contribution in [-0.2, 0) is 10.0 Å². The summed E-state index contributed by atoms with van der Waals surface area (Å²) in [5.41, 5.74) is 3.01. The highest BCUT2D eigenvalue weighted by atomic mass is 32.2. The molecule has 4 nitrogen and oxygen atoms in total. The SMILES string of the molecule is CC(C)c1ccc(S(=O)(=O)Nc2ccc(C3CCN(C(C)C)C3)cc2)cc1. The van der Waals surface area contributed by atoms with Crippen LogP contribution < -0.4 is 4.72 Å². The van der Waals surface area contributed by atoms with Gasteiger partial charge in [-0.2, -0.15) is 0 Å². The lowest BCUT2D eigenvalue weighted by molar-refractivity contribution is 0.272. The fourth-order valence-corrected chi connectivity index (χ4v) is 4.66. The van der Waals surface area contributed by atoms with Gasteiger partial charge in [0.05, 0.1) is 4.90 Å². The molecule has 0 aliphatic carbocycles. The number of benzene rings is 2. The summed E-state index contributed by atoms with van der Waals surface area (Å²) in [4.78, 5) is 2.78. The molecular weight excluding hydrogens is 356 g/mol. The third-order valence-electron chi connectivity index (χ3n) is 5.44. The van der Waals surface area contributed by atoms with Crippen LogP contribution >= 0.6 is 0 Å². The predicted octanol–water partition coefficient (Wildman–Crippen LogP) is 4.81. The second kappa shape index (κ2) is 8.03. The topological polar surface area (TPSA) is 49.4 Å². The molecule has 1 N–H and O–H groups in total. The minimum atomic E-state index is -3.57. The Kier molecular flexibility index (Phi) is 5.92. The summed E-state index contributed by atoms with van der Waals surface area (Å²) in [5, 5.41) is 0. The van der Waals surface area contributed by atoms with Crippen molar-refractivity contribution in [3.8, 4) is 0 Å². The van der Waals surface area contributed by atoms with Gasteiger partial charge in [-0.15, -0.1) is 0 Å². The van der Waals surface area contributed by atoms with Crippen molar-refractivity contribution < 1.29 is 8.42 Å². The first kappa shape index (κ1) is 19.9. The highest BCUT2D eigenvalue weighted by Gasteiger charge is 2.25. The van der Waals surface area contributed by atoms with Crippen LogP contribution in [0.5, 0.6) is 0 Å². The minimum Gasteiger partial charge on any atom is -0.300 e. The van der Waals surface area contributed by atoms with Gasteiger partial charge in [0.15, 0.2) is 0 Å². The number of sulfonamides is 1. The summed E-state index contributed by atoms with van der Waals surface area (Å²) in [6.07, 6.45) is 1.16. The van der Waals surface area contributed by atoms with Gasteiger partial charge < -0.3 is 4.90 Å². The first-order valence-corrected chi connectivity index (χ1v) is 11.2. The predicted molar refractivity (Wildman–Crippen MR) is 112 cm³/mol. The molecule has 1 fully saturated rings. The number of nitrogens with one attached hydrogen (secondary N) is 1. The maximum atomic E-state index is 12.6. The molecule has 0 spiro atoms. The summed E-state index contributed by atoms with van der Waals surface area (Å²) in [5.74, 6) is 0.908. The molecule has 0 aromatic heterocycles. The van der Waals surface area contributed by atoms with Gasteiger partial charge in [-0.1, -0.05) is 38.1 Å². The molecule has 3 rings (SSSR count). The lowest BCUT2D eigenvalue weighted by Crippen LogP contribution is -2.27. The largest absolute Gasteiger partial charge is 0.300 e. The molecule has 1 aliphatic heterocycles. The molecule has 1 saturated heterocycles. The molecule has 1 aliphatic rings. The van der Waals surface area contributed by atoms with Crippen molar-refractivity contribution in [3.63, 3.8) is 0 Å². The van der Waals surface area contributed by atoms with E-state index in [9.17, 15) is 8.42 Å². The second-order valence-corrected chi connectivity index (χ2v) is 9.71. The molecule has 0 radical (unpaired) electrons. The Balaban J connectivity index is 1.68. The molecule has 1 heterocycles. The van der Waals surface area contributed by atoms with Crippen LogP contribution in [0.1, 0.15) is 57.1 Å². The number of rotatable bonds is 6. The Bertz CT molecular complexity index is 856. The van der Waals surface area contributed by atoms with E-state index in [1.165, 1.54) is 5.56 Å². The van der Waals surface area contributed by atoms with E-state index in [1.807, 2.05) is 36.4 Å². The minimum absolute atomic E-state index is 0.291. The standard InChI is InChI=1S/C22H30N2O2S/c1-16(2)18-7-11-22(12-8-18)27(25,26)23-21-9-5-19(6-10-21)20-13-14-24(15-20)17(3)4/h5-12,16-17,20,23H,13-15H2,1-4H3. The molecule has 5 heteroatoms. The van der Waals surface area contributed by atoms with Crippen LogP contribution in [0, 0.1) is 0 Å². The average Bonchev–Trinajstić information content (AvgIpc) is 3.12. The first-order valence-electron chi connectivity index (χ1n) is 9.73. The summed E-state index contributed by atoms with van der Waals surface area (Å²) >= 11 is 0. The van der Waals surface area contributed by atoms with E-state index < -0.39 is 10.0 Å². The zero-order valence-corrected chi connectivity index (χ0v) is 17.5. The van der Waals surface area contributed by atoms with Crippen molar-refractivity contribution in [2.75, 3.05) is 17.8 Å². The number of anilines is 1. The molecule has 27 heavy (non-hydrogen) atoms. The van der Waals surface area contributed by atoms with Crippen molar-refractivity contribution >= 4 is 15.7 Å². The zero-order valence-electron chi connectivity index (χ0n) is 16.6. The fourth-order valence-electron chi connectivity index (χ4n) is 3.60. The van der Waals surface area contributed by atoms with Crippen LogP contribution in [-0.4, -0.2) is 32.4 Å². The Labute approximate surface area is 163 Å². The quantitative estimate of drug-likeness (QED) is 0.775. The van der Waals surface area contributed by atoms with E-state index in [2.05, 4.69) is 37.3 Å². The molecule has 0 bridgehead atoms. The van der Waals surface area contributed by atoms with E-state index in [1.54, 1.807) is 12.1 Å². The normalized spacial score (nSPS) is 18.4. The van der Waals surface area contributed by atoms with Gasteiger partial charge in [-0.3, -0.25) is 4.72 Å². The summed E-state index contributed by atoms with van der Waals surface area (Å²) < 4.78 is 27.9. The number of hydrogen-bond acceptors (Lipinski definition) is 3. The monoisotopic (exact) mass is 386 g/mol. The van der Waals surface area contributed by atoms with Crippen LogP contribution in [0.3, 0.4) is 0 Å². The van der Waals surface area contributed by atoms with E-state index >= 15 is 0 Å². The van der Waals surface area contributed by atoms with E-state index in [0.29, 0.717) is 28.5 Å². The number of likely N-dealkylation sites (tertiary alicyclic amines) is 1. The smallest absolute Gasteiger partial charge is 0.261 e. The summed E-state index contributed by atoms with van der Waals surface area (Å²) in [7, 11) is -3.57. The van der Waals surface area contributed by atoms with Gasteiger partial charge in [-0.05, 0) is 74.0 Å². The third-order valence-corrected chi connectivity index (χ3v) is 6.84. The van der Waals surface area contributed by atoms with Crippen LogP contribution in [0.15, 0.2) is 53.4 Å². The molecule has 0 saturated carbocycles. The van der Waals surface area contributed by atoms with E-state index in [-0.39, 0.29) is 0 Å². The molecule has 2 aromatic rings. The van der Waals surface area contributed by atoms with Crippen LogP contribution in [0.4, 0.5) is 5.69 Å². The summed E-state index contributed by atoms with van der Waals surface area (Å²) in [6, 6.07) is 15.5. The van der Waals surface area contributed by atoms with Crippen LogP contribution in [0.2, 0.25) is 0 Å². The molecular formula is C22H30N2O2S. The molecule has 1 unspecified atom stereocenters. The maximum absolute atomic E-state index is 12.6. The molecule has 2 aromatic carbocycles. The Morgan fingerprint density at radius 2 is 1.59 bits per heavy atom. The Hall–Kier alpha value is -1.85. The van der Waals surface area contributed by atoms with Gasteiger partial charge in [-0.25, -0.2) is 8.42 Å². The Morgan fingerprint density at radius 1 is 0.963 bits per heavy atom. The van der Waals surface area contributed by atoms with Gasteiger partial charge in [0, 0.05) is 18.3 Å². The van der Waals surface area contributed by atoms with Gasteiger partial charge in [0.25, 0.3) is 10.0 Å². The second-order valence-electron chi connectivity index (χ2n) is 8.03. The van der Waals surface area contributed by atoms with Crippen molar-refractivity contribution in [1.29, 1.82) is 0 Å². The molecule has 1 atom stereocenters. The maximum Gasteiger partial charge on any atom is 0.261 e. The molecule has 0 amide bonds. The van der Waals surface area contributed by atoms with Gasteiger partial charge >= 0.3 is 0 Å². The fraction of sp³-hybridized carbons (Fsp3) is 0.455. The van der Waals surface area contributed by atoms with Crippen molar-refractivity contribution in [2.24, 2.45) is 0 Å². The highest BCUT2D eigenvalue weighted by molar-refractivity contribution is 7.92. The number of hydrogen-bond donors (Lipinski definition) is 1. The zero-order chi connectivity index (χ0) is 19.6. The number of nitrogens with zero attached hydrogens (tertiary/aromatic N) is 1. The first-order chi connectivity index (χ1) is 12.8. The molecule has 146 valence electrons. The van der Waals surface area contributed by atoms with Crippen molar-refractivity contribution in [2.45, 2.75) is 56.9 Å². The average molecular weight is 387 g/mol. The lowest BCUT2D eigenvalue weighted by Gasteiger charge is -2.20.